The van der Waals surface area contributed by atoms with Crippen molar-refractivity contribution < 1.29 is 4.74 Å². The number of nitrogens with one attached hydrogen (secondary N) is 1. The van der Waals surface area contributed by atoms with Crippen molar-refractivity contribution in [1.29, 1.82) is 0 Å². The van der Waals surface area contributed by atoms with Gasteiger partial charge in [-0.1, -0.05) is 13.0 Å². The predicted octanol–water partition coefficient (Wildman–Crippen LogP) is 3.00. The van der Waals surface area contributed by atoms with Gasteiger partial charge in [-0.2, -0.15) is 0 Å². The lowest BCUT2D eigenvalue weighted by Crippen LogP contribution is -2.18. The number of hydrogen-bond donors (Lipinski definition) is 1. The molecule has 20 heavy (non-hydrogen) atoms. The quantitative estimate of drug-likeness (QED) is 0.843. The fourth-order valence-electron chi connectivity index (χ4n) is 2.22. The predicted molar refractivity (Wildman–Crippen MR) is 81.0 cm³/mol. The molecule has 0 amide bonds. The summed E-state index contributed by atoms with van der Waals surface area (Å²) >= 11 is 0. The molecule has 0 fully saturated rings. The normalized spacial score (nSPS) is 12.3. The number of aromatic nitrogens is 2. The van der Waals surface area contributed by atoms with Crippen molar-refractivity contribution in [3.63, 3.8) is 0 Å². The minimum Gasteiger partial charge on any atom is -0.481 e. The van der Waals surface area contributed by atoms with Gasteiger partial charge in [0.25, 0.3) is 0 Å². The van der Waals surface area contributed by atoms with Crippen LogP contribution in [-0.2, 0) is 6.54 Å². The summed E-state index contributed by atoms with van der Waals surface area (Å²) in [6, 6.07) is 6.53. The van der Waals surface area contributed by atoms with Gasteiger partial charge in [-0.05, 0) is 37.6 Å². The van der Waals surface area contributed by atoms with E-state index in [0.29, 0.717) is 11.9 Å². The van der Waals surface area contributed by atoms with Gasteiger partial charge < -0.3 is 14.6 Å². The van der Waals surface area contributed by atoms with Crippen molar-refractivity contribution in [1.82, 2.24) is 14.9 Å². The Labute approximate surface area is 120 Å². The van der Waals surface area contributed by atoms with Crippen LogP contribution in [0.5, 0.6) is 5.88 Å². The van der Waals surface area contributed by atoms with Crippen molar-refractivity contribution in [2.45, 2.75) is 32.9 Å². The van der Waals surface area contributed by atoms with Gasteiger partial charge in [0, 0.05) is 30.2 Å². The summed E-state index contributed by atoms with van der Waals surface area (Å²) in [5, 5.41) is 3.50. The van der Waals surface area contributed by atoms with Gasteiger partial charge in [0.2, 0.25) is 5.88 Å². The molecule has 0 saturated carbocycles. The Morgan fingerprint density at radius 3 is 3.00 bits per heavy atom. The summed E-state index contributed by atoms with van der Waals surface area (Å²) in [6.45, 7) is 6.19. The second-order valence-corrected chi connectivity index (χ2v) is 4.96. The van der Waals surface area contributed by atoms with Crippen LogP contribution in [0.15, 0.2) is 36.8 Å². The average molecular weight is 273 g/mol. The highest BCUT2D eigenvalue weighted by molar-refractivity contribution is 5.26. The summed E-state index contributed by atoms with van der Waals surface area (Å²) < 4.78 is 7.45. The number of rotatable bonds is 7. The van der Waals surface area contributed by atoms with Crippen molar-refractivity contribution >= 4 is 0 Å². The van der Waals surface area contributed by atoms with E-state index in [0.717, 1.165) is 25.1 Å². The second kappa shape index (κ2) is 7.10. The Hall–Kier alpha value is -1.81. The van der Waals surface area contributed by atoms with E-state index < -0.39 is 0 Å². The van der Waals surface area contributed by atoms with E-state index in [2.05, 4.69) is 47.2 Å². The highest BCUT2D eigenvalue weighted by Gasteiger charge is 2.08. The maximum Gasteiger partial charge on any atom is 0.218 e. The van der Waals surface area contributed by atoms with Gasteiger partial charge in [0.1, 0.15) is 0 Å². The minimum absolute atomic E-state index is 0.381. The molecule has 2 heterocycles. The van der Waals surface area contributed by atoms with Crippen LogP contribution in [-0.4, -0.2) is 23.2 Å². The Bertz CT molecular complexity index is 536. The lowest BCUT2D eigenvalue weighted by Gasteiger charge is -2.11. The van der Waals surface area contributed by atoms with Crippen LogP contribution in [0.1, 0.15) is 37.4 Å². The topological polar surface area (TPSA) is 39.1 Å². The Morgan fingerprint density at radius 1 is 1.40 bits per heavy atom. The highest BCUT2D eigenvalue weighted by atomic mass is 16.5. The molecule has 0 aliphatic carbocycles. The van der Waals surface area contributed by atoms with E-state index >= 15 is 0 Å². The SMILES string of the molecule is CCCNC(C)c1ccn(Cc2cccnc2OC)c1. The minimum atomic E-state index is 0.381. The van der Waals surface area contributed by atoms with Crippen molar-refractivity contribution in [2.75, 3.05) is 13.7 Å². The summed E-state index contributed by atoms with van der Waals surface area (Å²) in [4.78, 5) is 4.23. The fourth-order valence-corrected chi connectivity index (χ4v) is 2.22. The molecule has 4 nitrogen and oxygen atoms in total. The zero-order valence-corrected chi connectivity index (χ0v) is 12.5. The molecule has 0 aromatic carbocycles. The summed E-state index contributed by atoms with van der Waals surface area (Å²) in [5.41, 5.74) is 2.40. The van der Waals surface area contributed by atoms with Gasteiger partial charge >= 0.3 is 0 Å². The van der Waals surface area contributed by atoms with Crippen LogP contribution in [0.4, 0.5) is 0 Å². The lowest BCUT2D eigenvalue weighted by atomic mass is 10.2. The third-order valence-corrected chi connectivity index (χ3v) is 3.37. The van der Waals surface area contributed by atoms with Crippen molar-refractivity contribution in [2.24, 2.45) is 0 Å². The molecular formula is C16H23N3O. The third kappa shape index (κ3) is 3.61. The Balaban J connectivity index is 2.05. The molecule has 1 atom stereocenters. The van der Waals surface area contributed by atoms with Crippen LogP contribution < -0.4 is 10.1 Å². The van der Waals surface area contributed by atoms with Crippen LogP contribution >= 0.6 is 0 Å². The van der Waals surface area contributed by atoms with Crippen molar-refractivity contribution in [3.8, 4) is 5.88 Å². The van der Waals surface area contributed by atoms with Gasteiger partial charge in [-0.25, -0.2) is 4.98 Å². The molecule has 108 valence electrons. The first-order valence-electron chi connectivity index (χ1n) is 7.11. The average Bonchev–Trinajstić information content (AvgIpc) is 2.94. The monoisotopic (exact) mass is 273 g/mol. The molecule has 2 aromatic heterocycles. The molecule has 0 radical (unpaired) electrons. The van der Waals surface area contributed by atoms with E-state index in [1.807, 2.05) is 12.1 Å². The smallest absolute Gasteiger partial charge is 0.218 e. The molecule has 0 saturated heterocycles. The maximum absolute atomic E-state index is 5.29. The number of ether oxygens (including phenoxy) is 1. The van der Waals surface area contributed by atoms with Gasteiger partial charge in [0.15, 0.2) is 0 Å². The molecule has 0 aliphatic rings. The van der Waals surface area contributed by atoms with Crippen LogP contribution in [0.25, 0.3) is 0 Å². The van der Waals surface area contributed by atoms with Crippen LogP contribution in [0, 0.1) is 0 Å². The third-order valence-electron chi connectivity index (χ3n) is 3.37. The molecule has 4 heteroatoms. The summed E-state index contributed by atoms with van der Waals surface area (Å²) in [6.07, 6.45) is 7.18. The van der Waals surface area contributed by atoms with Gasteiger partial charge in [0.05, 0.1) is 13.7 Å². The van der Waals surface area contributed by atoms with Crippen LogP contribution in [0.3, 0.4) is 0 Å². The number of pyridine rings is 1. The molecule has 1 unspecified atom stereocenters. The fraction of sp³-hybridized carbons (Fsp3) is 0.438. The maximum atomic E-state index is 5.29. The lowest BCUT2D eigenvalue weighted by molar-refractivity contribution is 0.391. The zero-order chi connectivity index (χ0) is 14.4. The van der Waals surface area contributed by atoms with E-state index in [1.54, 1.807) is 13.3 Å². The first kappa shape index (κ1) is 14.6. The zero-order valence-electron chi connectivity index (χ0n) is 12.5. The molecule has 0 bridgehead atoms. The Kier molecular flexibility index (Phi) is 5.18. The van der Waals surface area contributed by atoms with Gasteiger partial charge in [-0.15, -0.1) is 0 Å². The first-order chi connectivity index (χ1) is 9.74. The molecule has 0 aliphatic heterocycles. The second-order valence-electron chi connectivity index (χ2n) is 4.96. The Morgan fingerprint density at radius 2 is 2.25 bits per heavy atom. The summed E-state index contributed by atoms with van der Waals surface area (Å²) in [7, 11) is 1.66. The van der Waals surface area contributed by atoms with E-state index in [1.165, 1.54) is 5.56 Å². The molecule has 2 rings (SSSR count). The number of nitrogens with zero attached hydrogens (tertiary/aromatic N) is 2. The summed E-state index contributed by atoms with van der Waals surface area (Å²) in [5.74, 6) is 0.694. The van der Waals surface area contributed by atoms with Crippen LogP contribution in [0.2, 0.25) is 0 Å². The van der Waals surface area contributed by atoms with E-state index in [4.69, 9.17) is 4.74 Å². The van der Waals surface area contributed by atoms with E-state index in [9.17, 15) is 0 Å². The molecule has 0 spiro atoms. The molecular weight excluding hydrogens is 250 g/mol. The standard InChI is InChI=1S/C16H23N3O/c1-4-8-17-13(2)14-7-10-19(11-14)12-15-6-5-9-18-16(15)20-3/h5-7,9-11,13,17H,4,8,12H2,1-3H3. The number of hydrogen-bond acceptors (Lipinski definition) is 3. The number of methoxy groups -OCH3 is 1. The molecule has 1 N–H and O–H groups in total. The first-order valence-corrected chi connectivity index (χ1v) is 7.11. The van der Waals surface area contributed by atoms with Gasteiger partial charge in [-0.3, -0.25) is 0 Å². The molecule has 2 aromatic rings. The van der Waals surface area contributed by atoms with Crippen molar-refractivity contribution in [3.05, 3.63) is 47.9 Å². The van der Waals surface area contributed by atoms with E-state index in [-0.39, 0.29) is 0 Å². The highest BCUT2D eigenvalue weighted by Crippen LogP contribution is 2.18. The largest absolute Gasteiger partial charge is 0.481 e.